The van der Waals surface area contributed by atoms with E-state index in [2.05, 4.69) is 15.5 Å². The zero-order valence-electron chi connectivity index (χ0n) is 13.5. The second kappa shape index (κ2) is 7.20. The van der Waals surface area contributed by atoms with Crippen molar-refractivity contribution in [1.29, 1.82) is 0 Å². The first-order valence-electron chi connectivity index (χ1n) is 7.50. The lowest BCUT2D eigenvalue weighted by molar-refractivity contribution is -0.181. The summed E-state index contributed by atoms with van der Waals surface area (Å²) in [5.41, 5.74) is 0.798. The third-order valence-electron chi connectivity index (χ3n) is 3.94. The van der Waals surface area contributed by atoms with Gasteiger partial charge in [-0.05, 0) is 13.8 Å². The molecule has 9 heteroatoms. The van der Waals surface area contributed by atoms with Crippen LogP contribution in [0.1, 0.15) is 18.4 Å². The van der Waals surface area contributed by atoms with E-state index in [1.54, 1.807) is 7.05 Å². The van der Waals surface area contributed by atoms with Crippen LogP contribution in [0.4, 0.5) is 13.2 Å². The van der Waals surface area contributed by atoms with Crippen molar-refractivity contribution < 1.29 is 17.7 Å². The van der Waals surface area contributed by atoms with E-state index in [9.17, 15) is 13.2 Å². The fourth-order valence-corrected chi connectivity index (χ4v) is 2.53. The number of aliphatic imine (C=N–C) groups is 1. The molecule has 0 aromatic carbocycles. The van der Waals surface area contributed by atoms with Crippen molar-refractivity contribution in [3.05, 3.63) is 17.5 Å². The second-order valence-electron chi connectivity index (χ2n) is 5.58. The van der Waals surface area contributed by atoms with Crippen molar-refractivity contribution in [1.82, 2.24) is 20.3 Å². The first kappa shape index (κ1) is 17.6. The number of guanidine groups is 1. The fourth-order valence-electron chi connectivity index (χ4n) is 2.53. The Labute approximate surface area is 133 Å². The first-order chi connectivity index (χ1) is 10.8. The van der Waals surface area contributed by atoms with Gasteiger partial charge >= 0.3 is 6.18 Å². The lowest BCUT2D eigenvalue weighted by atomic mass is 10.2. The van der Waals surface area contributed by atoms with Gasteiger partial charge in [0.05, 0.1) is 12.2 Å². The molecule has 0 saturated carbocycles. The minimum absolute atomic E-state index is 0.350. The Balaban J connectivity index is 1.85. The molecule has 2 rings (SSSR count). The number of rotatable bonds is 3. The molecule has 1 unspecified atom stereocenters. The molecule has 1 N–H and O–H groups in total. The standard InChI is InChI=1S/C14H22F3N5O/c1-10-8-12(23-20-10)9-19-13(18-3)22-6-4-21(5-7-22)11(2)14(15,16)17/h8,11H,4-7,9H2,1-3H3,(H,18,19). The highest BCUT2D eigenvalue weighted by Gasteiger charge is 2.41. The smallest absolute Gasteiger partial charge is 0.359 e. The van der Waals surface area contributed by atoms with Crippen LogP contribution in [0.3, 0.4) is 0 Å². The molecule has 0 radical (unpaired) electrons. The summed E-state index contributed by atoms with van der Waals surface area (Å²) >= 11 is 0. The molecule has 1 saturated heterocycles. The Kier molecular flexibility index (Phi) is 5.51. The van der Waals surface area contributed by atoms with E-state index in [-0.39, 0.29) is 0 Å². The molecule has 1 aromatic rings. The molecule has 1 fully saturated rings. The van der Waals surface area contributed by atoms with Crippen molar-refractivity contribution in [2.24, 2.45) is 4.99 Å². The quantitative estimate of drug-likeness (QED) is 0.673. The van der Waals surface area contributed by atoms with Gasteiger partial charge in [0.25, 0.3) is 0 Å². The largest absolute Gasteiger partial charge is 0.403 e. The molecule has 1 aromatic heterocycles. The van der Waals surface area contributed by atoms with Gasteiger partial charge in [-0.15, -0.1) is 0 Å². The van der Waals surface area contributed by atoms with Gasteiger partial charge in [0, 0.05) is 39.3 Å². The van der Waals surface area contributed by atoms with Crippen molar-refractivity contribution in [2.75, 3.05) is 33.2 Å². The van der Waals surface area contributed by atoms with Crippen molar-refractivity contribution in [3.8, 4) is 0 Å². The normalized spacial score (nSPS) is 19.0. The monoisotopic (exact) mass is 333 g/mol. The van der Waals surface area contributed by atoms with E-state index >= 15 is 0 Å². The van der Waals surface area contributed by atoms with Crippen LogP contribution in [0.5, 0.6) is 0 Å². The Bertz CT molecular complexity index is 535. The summed E-state index contributed by atoms with van der Waals surface area (Å²) in [6, 6.07) is 0.403. The van der Waals surface area contributed by atoms with E-state index in [1.165, 1.54) is 11.8 Å². The maximum absolute atomic E-state index is 12.8. The number of aromatic nitrogens is 1. The van der Waals surface area contributed by atoms with Crippen LogP contribution in [0, 0.1) is 6.92 Å². The molecule has 0 amide bonds. The predicted molar refractivity (Wildman–Crippen MR) is 80.1 cm³/mol. The Hall–Kier alpha value is -1.77. The average molecular weight is 333 g/mol. The van der Waals surface area contributed by atoms with Gasteiger partial charge in [-0.1, -0.05) is 5.16 Å². The van der Waals surface area contributed by atoms with Crippen LogP contribution < -0.4 is 5.32 Å². The summed E-state index contributed by atoms with van der Waals surface area (Å²) in [7, 11) is 1.65. The van der Waals surface area contributed by atoms with Crippen LogP contribution in [0.15, 0.2) is 15.6 Å². The molecule has 1 aliphatic rings. The molecule has 6 nitrogen and oxygen atoms in total. The average Bonchev–Trinajstić information content (AvgIpc) is 2.92. The van der Waals surface area contributed by atoms with Gasteiger partial charge in [-0.25, -0.2) is 0 Å². The molecule has 23 heavy (non-hydrogen) atoms. The molecular formula is C14H22F3N5O. The number of alkyl halides is 3. The van der Waals surface area contributed by atoms with Crippen LogP contribution >= 0.6 is 0 Å². The van der Waals surface area contributed by atoms with Gasteiger partial charge in [-0.3, -0.25) is 9.89 Å². The summed E-state index contributed by atoms with van der Waals surface area (Å²) < 4.78 is 43.4. The molecule has 130 valence electrons. The first-order valence-corrected chi connectivity index (χ1v) is 7.50. The van der Waals surface area contributed by atoms with Crippen LogP contribution in [0.25, 0.3) is 0 Å². The maximum atomic E-state index is 12.8. The lowest BCUT2D eigenvalue weighted by Gasteiger charge is -2.39. The topological polar surface area (TPSA) is 56.9 Å². The summed E-state index contributed by atoms with van der Waals surface area (Å²) in [5.74, 6) is 1.34. The molecule has 1 aliphatic heterocycles. The third-order valence-corrected chi connectivity index (χ3v) is 3.94. The van der Waals surface area contributed by atoms with Crippen molar-refractivity contribution >= 4 is 5.96 Å². The highest BCUT2D eigenvalue weighted by molar-refractivity contribution is 5.79. The third kappa shape index (κ3) is 4.60. The Morgan fingerprint density at radius 2 is 2.04 bits per heavy atom. The highest BCUT2D eigenvalue weighted by Crippen LogP contribution is 2.25. The van der Waals surface area contributed by atoms with Crippen LogP contribution in [-0.4, -0.2) is 66.4 Å². The van der Waals surface area contributed by atoms with Crippen LogP contribution in [0.2, 0.25) is 0 Å². The van der Waals surface area contributed by atoms with E-state index in [0.29, 0.717) is 44.4 Å². The van der Waals surface area contributed by atoms with Crippen molar-refractivity contribution in [2.45, 2.75) is 32.6 Å². The molecule has 0 bridgehead atoms. The SMILES string of the molecule is CN=C(NCc1cc(C)no1)N1CCN(C(C)C(F)(F)F)CC1. The molecule has 0 spiro atoms. The summed E-state index contributed by atoms with van der Waals surface area (Å²) in [5, 5.41) is 6.95. The zero-order chi connectivity index (χ0) is 17.0. The highest BCUT2D eigenvalue weighted by atomic mass is 19.4. The van der Waals surface area contributed by atoms with E-state index in [1.807, 2.05) is 17.9 Å². The lowest BCUT2D eigenvalue weighted by Crippen LogP contribution is -2.56. The molecule has 0 aliphatic carbocycles. The summed E-state index contributed by atoms with van der Waals surface area (Å²) in [4.78, 5) is 7.58. The van der Waals surface area contributed by atoms with E-state index < -0.39 is 12.2 Å². The molecule has 2 heterocycles. The van der Waals surface area contributed by atoms with Gasteiger partial charge in [-0.2, -0.15) is 13.2 Å². The Morgan fingerprint density at radius 3 is 2.52 bits per heavy atom. The van der Waals surface area contributed by atoms with Gasteiger partial charge in [0.2, 0.25) is 0 Å². The van der Waals surface area contributed by atoms with Crippen LogP contribution in [-0.2, 0) is 6.54 Å². The van der Waals surface area contributed by atoms with Gasteiger partial charge in [0.1, 0.15) is 6.04 Å². The number of halogens is 3. The summed E-state index contributed by atoms with van der Waals surface area (Å²) in [6.07, 6.45) is -4.19. The number of hydrogen-bond acceptors (Lipinski definition) is 4. The minimum Gasteiger partial charge on any atom is -0.359 e. The minimum atomic E-state index is -4.19. The number of aryl methyl sites for hydroxylation is 1. The maximum Gasteiger partial charge on any atom is 0.403 e. The Morgan fingerprint density at radius 1 is 1.39 bits per heavy atom. The number of piperazine rings is 1. The molecule has 1 atom stereocenters. The number of nitrogens with zero attached hydrogens (tertiary/aromatic N) is 4. The van der Waals surface area contributed by atoms with Crippen molar-refractivity contribution in [3.63, 3.8) is 0 Å². The fraction of sp³-hybridized carbons (Fsp3) is 0.714. The predicted octanol–water partition coefficient (Wildman–Crippen LogP) is 1.63. The van der Waals surface area contributed by atoms with E-state index in [0.717, 1.165) is 5.69 Å². The van der Waals surface area contributed by atoms with E-state index in [4.69, 9.17) is 4.52 Å². The zero-order valence-corrected chi connectivity index (χ0v) is 13.5. The van der Waals surface area contributed by atoms with Gasteiger partial charge < -0.3 is 14.7 Å². The molecular weight excluding hydrogens is 311 g/mol. The second-order valence-corrected chi connectivity index (χ2v) is 5.58. The summed E-state index contributed by atoms with van der Waals surface area (Å²) in [6.45, 7) is 5.17. The number of nitrogens with one attached hydrogen (secondary N) is 1. The number of hydrogen-bond donors (Lipinski definition) is 1. The van der Waals surface area contributed by atoms with Gasteiger partial charge in [0.15, 0.2) is 11.7 Å².